The number of amides is 1. The number of carbonyl (C=O) groups is 2. The lowest BCUT2D eigenvalue weighted by Crippen LogP contribution is -2.29. The molecule has 1 aliphatic heterocycles. The predicted molar refractivity (Wildman–Crippen MR) is 185 cm³/mol. The number of nitrogens with zero attached hydrogens (tertiary/aromatic N) is 3. The molecule has 5 aromatic rings. The molecule has 11 heteroatoms. The number of ketones is 1. The fraction of sp³-hybridized carbons (Fsp3) is 0.167. The molecule has 4 aromatic carbocycles. The zero-order chi connectivity index (χ0) is 32.9. The number of hydrogen-bond acceptors (Lipinski definition) is 9. The minimum absolute atomic E-state index is 0.0432. The van der Waals surface area contributed by atoms with Crippen LogP contribution in [0.3, 0.4) is 0 Å². The highest BCUT2D eigenvalue weighted by Crippen LogP contribution is 2.44. The fourth-order valence-corrected chi connectivity index (χ4v) is 7.09. The van der Waals surface area contributed by atoms with Crippen molar-refractivity contribution in [3.63, 3.8) is 0 Å². The lowest BCUT2D eigenvalue weighted by molar-refractivity contribution is -0.132. The molecule has 1 aromatic heterocycles. The molecule has 0 bridgehead atoms. The lowest BCUT2D eigenvalue weighted by atomic mass is 9.95. The number of ether oxygens (including phenoxy) is 2. The molecular formula is C36H30ClN3O5S2. The number of aliphatic hydroxyl groups excluding tert-OH is 1. The van der Waals surface area contributed by atoms with Crippen molar-refractivity contribution in [2.75, 3.05) is 11.5 Å². The van der Waals surface area contributed by atoms with E-state index >= 15 is 0 Å². The van der Waals surface area contributed by atoms with Gasteiger partial charge in [-0.1, -0.05) is 83.2 Å². The first-order chi connectivity index (χ1) is 22.8. The van der Waals surface area contributed by atoms with Crippen LogP contribution >= 0.6 is 34.7 Å². The highest BCUT2D eigenvalue weighted by molar-refractivity contribution is 8.00. The zero-order valence-corrected chi connectivity index (χ0v) is 27.9. The Bertz CT molecular complexity index is 1930. The van der Waals surface area contributed by atoms with E-state index < -0.39 is 17.7 Å². The maximum absolute atomic E-state index is 13.6. The van der Waals surface area contributed by atoms with E-state index in [-0.39, 0.29) is 16.5 Å². The summed E-state index contributed by atoms with van der Waals surface area (Å²) in [5.74, 6) is -0.0348. The second-order valence-electron chi connectivity index (χ2n) is 10.7. The van der Waals surface area contributed by atoms with Gasteiger partial charge in [-0.3, -0.25) is 14.5 Å². The van der Waals surface area contributed by atoms with Crippen LogP contribution in [-0.2, 0) is 21.9 Å². The number of aliphatic hydroxyl groups is 1. The van der Waals surface area contributed by atoms with Gasteiger partial charge < -0.3 is 14.6 Å². The molecule has 6 rings (SSSR count). The molecular weight excluding hydrogens is 654 g/mol. The summed E-state index contributed by atoms with van der Waals surface area (Å²) < 4.78 is 12.2. The summed E-state index contributed by atoms with van der Waals surface area (Å²) in [7, 11) is 0. The normalized spacial score (nSPS) is 15.6. The fourth-order valence-electron chi connectivity index (χ4n) is 5.14. The highest BCUT2D eigenvalue weighted by atomic mass is 35.5. The molecule has 1 amide bonds. The van der Waals surface area contributed by atoms with E-state index in [1.807, 2.05) is 62.4 Å². The molecule has 0 spiro atoms. The summed E-state index contributed by atoms with van der Waals surface area (Å²) in [6.07, 6.45) is 0. The van der Waals surface area contributed by atoms with Crippen molar-refractivity contribution in [3.05, 3.63) is 135 Å². The van der Waals surface area contributed by atoms with Crippen molar-refractivity contribution in [3.8, 4) is 11.5 Å². The quantitative estimate of drug-likeness (QED) is 0.0487. The van der Waals surface area contributed by atoms with Crippen LogP contribution in [0.5, 0.6) is 11.5 Å². The smallest absolute Gasteiger partial charge is 0.301 e. The Hall–Kier alpha value is -4.64. The number of thioether (sulfide) groups is 1. The van der Waals surface area contributed by atoms with Gasteiger partial charge in [-0.05, 0) is 84.6 Å². The molecule has 1 unspecified atom stereocenters. The summed E-state index contributed by atoms with van der Waals surface area (Å²) >= 11 is 8.68. The van der Waals surface area contributed by atoms with E-state index in [0.717, 1.165) is 16.7 Å². The Kier molecular flexibility index (Phi) is 9.91. The summed E-state index contributed by atoms with van der Waals surface area (Å²) in [5.41, 5.74) is 4.19. The summed E-state index contributed by atoms with van der Waals surface area (Å²) in [6.45, 7) is 4.80. The first-order valence-electron chi connectivity index (χ1n) is 14.8. The average molecular weight is 684 g/mol. The molecule has 1 aliphatic rings. The molecule has 1 fully saturated rings. The summed E-state index contributed by atoms with van der Waals surface area (Å²) in [4.78, 5) is 28.6. The van der Waals surface area contributed by atoms with E-state index in [1.165, 1.54) is 28.0 Å². The van der Waals surface area contributed by atoms with E-state index in [9.17, 15) is 14.7 Å². The van der Waals surface area contributed by atoms with Gasteiger partial charge >= 0.3 is 5.91 Å². The summed E-state index contributed by atoms with van der Waals surface area (Å²) in [5, 5.41) is 21.1. The van der Waals surface area contributed by atoms with Gasteiger partial charge in [0.1, 0.15) is 23.9 Å². The standard InChI is InChI=1S/C36H30ClN3O5S2/c1-3-44-28-16-10-24(11-17-28)31-30(32(41)25-12-18-29(19-13-25)45-20-26-7-5-4-6-22(26)2)33(42)34(43)40(31)35-38-39-36(47-35)46-21-23-8-14-27(37)15-9-23/h4-19,31,41H,3,20-21H2,1-2H3/b32-30+. The molecule has 0 saturated carbocycles. The van der Waals surface area contributed by atoms with Crippen LogP contribution < -0.4 is 14.4 Å². The van der Waals surface area contributed by atoms with Gasteiger partial charge in [-0.2, -0.15) is 0 Å². The number of benzene rings is 4. The van der Waals surface area contributed by atoms with Gasteiger partial charge in [0.2, 0.25) is 5.13 Å². The number of anilines is 1. The van der Waals surface area contributed by atoms with E-state index in [1.54, 1.807) is 48.5 Å². The van der Waals surface area contributed by atoms with E-state index in [2.05, 4.69) is 10.2 Å². The van der Waals surface area contributed by atoms with Crippen LogP contribution in [0.25, 0.3) is 5.76 Å². The van der Waals surface area contributed by atoms with Gasteiger partial charge in [0.15, 0.2) is 4.34 Å². The molecule has 1 N–H and O–H groups in total. The minimum Gasteiger partial charge on any atom is -0.507 e. The Morgan fingerprint density at radius 1 is 0.915 bits per heavy atom. The van der Waals surface area contributed by atoms with Gasteiger partial charge in [-0.25, -0.2) is 0 Å². The SMILES string of the molecule is CCOc1ccc(C2/C(=C(\O)c3ccc(OCc4ccccc4C)cc3)C(=O)C(=O)N2c2nnc(SCc3ccc(Cl)cc3)s2)cc1. The van der Waals surface area contributed by atoms with Gasteiger partial charge in [0, 0.05) is 16.3 Å². The first-order valence-corrected chi connectivity index (χ1v) is 17.0. The molecule has 1 atom stereocenters. The van der Waals surface area contributed by atoms with Gasteiger partial charge in [0.05, 0.1) is 18.2 Å². The van der Waals surface area contributed by atoms with Gasteiger partial charge in [-0.15, -0.1) is 10.2 Å². The lowest BCUT2D eigenvalue weighted by Gasteiger charge is -2.22. The topological polar surface area (TPSA) is 102 Å². The van der Waals surface area contributed by atoms with Crippen LogP contribution in [0.15, 0.2) is 107 Å². The Balaban J connectivity index is 1.30. The third-order valence-corrected chi connectivity index (χ3v) is 9.99. The maximum atomic E-state index is 13.6. The van der Waals surface area contributed by atoms with Crippen LogP contribution in [0, 0.1) is 6.92 Å². The van der Waals surface area contributed by atoms with Crippen molar-refractivity contribution in [1.29, 1.82) is 0 Å². The first kappa shape index (κ1) is 32.3. The van der Waals surface area contributed by atoms with E-state index in [4.69, 9.17) is 21.1 Å². The van der Waals surface area contributed by atoms with Crippen molar-refractivity contribution in [2.24, 2.45) is 0 Å². The monoisotopic (exact) mass is 683 g/mol. The number of rotatable bonds is 11. The number of aryl methyl sites for hydroxylation is 1. The van der Waals surface area contributed by atoms with E-state index in [0.29, 0.717) is 51.0 Å². The number of halogens is 1. The molecule has 8 nitrogen and oxygen atoms in total. The van der Waals surface area contributed by atoms with Crippen molar-refractivity contribution in [2.45, 2.75) is 36.6 Å². The molecule has 0 aliphatic carbocycles. The maximum Gasteiger partial charge on any atom is 0.301 e. The average Bonchev–Trinajstić information content (AvgIpc) is 3.66. The second kappa shape index (κ2) is 14.4. The second-order valence-corrected chi connectivity index (χ2v) is 13.3. The Morgan fingerprint density at radius 2 is 1.60 bits per heavy atom. The third kappa shape index (κ3) is 7.20. The number of carbonyl (C=O) groups excluding carboxylic acids is 2. The number of hydrogen-bond donors (Lipinski definition) is 1. The van der Waals surface area contributed by atoms with Crippen LogP contribution in [0.1, 0.15) is 40.8 Å². The van der Waals surface area contributed by atoms with Crippen LogP contribution in [0.2, 0.25) is 5.02 Å². The molecule has 1 saturated heterocycles. The molecule has 0 radical (unpaired) electrons. The van der Waals surface area contributed by atoms with Crippen molar-refractivity contribution in [1.82, 2.24) is 10.2 Å². The number of aromatic nitrogens is 2. The number of Topliss-reactive ketones (excluding diaryl/α,β-unsaturated/α-hetero) is 1. The van der Waals surface area contributed by atoms with Crippen molar-refractivity contribution >= 4 is 57.3 Å². The summed E-state index contributed by atoms with van der Waals surface area (Å²) in [6, 6.07) is 28.4. The highest BCUT2D eigenvalue weighted by Gasteiger charge is 2.48. The third-order valence-electron chi connectivity index (χ3n) is 7.61. The zero-order valence-electron chi connectivity index (χ0n) is 25.6. The minimum atomic E-state index is -0.940. The Labute approximate surface area is 285 Å². The van der Waals surface area contributed by atoms with Crippen LogP contribution in [0.4, 0.5) is 5.13 Å². The van der Waals surface area contributed by atoms with Gasteiger partial charge in [0.25, 0.3) is 5.78 Å². The van der Waals surface area contributed by atoms with Crippen LogP contribution in [-0.4, -0.2) is 33.6 Å². The largest absolute Gasteiger partial charge is 0.507 e. The predicted octanol–water partition coefficient (Wildman–Crippen LogP) is 8.40. The molecule has 2 heterocycles. The molecule has 238 valence electrons. The van der Waals surface area contributed by atoms with Crippen molar-refractivity contribution < 1.29 is 24.2 Å². The Morgan fingerprint density at radius 3 is 2.30 bits per heavy atom. The molecule has 47 heavy (non-hydrogen) atoms.